The lowest BCUT2D eigenvalue weighted by atomic mass is 10.2. The van der Waals surface area contributed by atoms with E-state index in [2.05, 4.69) is 15.5 Å². The summed E-state index contributed by atoms with van der Waals surface area (Å²) in [5, 5.41) is 12.3. The van der Waals surface area contributed by atoms with E-state index < -0.39 is 22.0 Å². The predicted molar refractivity (Wildman–Crippen MR) is 136 cm³/mol. The van der Waals surface area contributed by atoms with Crippen molar-refractivity contribution in [1.29, 1.82) is 0 Å². The monoisotopic (exact) mass is 526 g/mol. The number of fused-ring (bicyclic) bond motifs is 1. The van der Waals surface area contributed by atoms with Crippen LogP contribution in [0.5, 0.6) is 5.75 Å². The lowest BCUT2D eigenvalue weighted by Crippen LogP contribution is -2.49. The van der Waals surface area contributed by atoms with Crippen LogP contribution in [0.2, 0.25) is 5.02 Å². The van der Waals surface area contributed by atoms with E-state index in [4.69, 9.17) is 16.3 Å². The van der Waals surface area contributed by atoms with Gasteiger partial charge in [-0.2, -0.15) is 0 Å². The number of nitrogens with one attached hydrogen (secondary N) is 1. The summed E-state index contributed by atoms with van der Waals surface area (Å²) >= 11 is 7.13. The van der Waals surface area contributed by atoms with Crippen molar-refractivity contribution >= 4 is 49.7 Å². The molecule has 0 saturated carbocycles. The van der Waals surface area contributed by atoms with Crippen molar-refractivity contribution < 1.29 is 17.9 Å². The van der Waals surface area contributed by atoms with E-state index >= 15 is 0 Å². The molecule has 1 aliphatic rings. The molecule has 1 atom stereocenters. The van der Waals surface area contributed by atoms with Crippen LogP contribution in [0.1, 0.15) is 5.56 Å². The highest BCUT2D eigenvalue weighted by atomic mass is 35.5. The number of benzene rings is 3. The molecule has 4 aromatic rings. The first kappa shape index (κ1) is 23.3. The van der Waals surface area contributed by atoms with E-state index in [-0.39, 0.29) is 17.4 Å². The third-order valence-electron chi connectivity index (χ3n) is 5.30. The summed E-state index contributed by atoms with van der Waals surface area (Å²) in [6.45, 7) is -0.166. The van der Waals surface area contributed by atoms with Gasteiger partial charge in [0.05, 0.1) is 18.0 Å². The maximum atomic E-state index is 13.3. The summed E-state index contributed by atoms with van der Waals surface area (Å²) in [5.41, 5.74) is 1.86. The zero-order chi connectivity index (χ0) is 24.4. The van der Waals surface area contributed by atoms with E-state index in [1.54, 1.807) is 60.7 Å². The molecule has 178 valence electrons. The first-order chi connectivity index (χ1) is 16.9. The molecule has 5 rings (SSSR count). The number of carbonyl (C=O) groups is 1. The Morgan fingerprint density at radius 1 is 1.03 bits per heavy atom. The minimum atomic E-state index is -3.79. The van der Waals surface area contributed by atoms with E-state index in [0.717, 1.165) is 5.56 Å². The molecule has 3 aromatic carbocycles. The Kier molecular flexibility index (Phi) is 6.42. The Hall–Kier alpha value is -3.47. The fourth-order valence-corrected chi connectivity index (χ4v) is 6.09. The number of amides is 1. The molecule has 2 heterocycles. The molecule has 0 fully saturated rings. The van der Waals surface area contributed by atoms with Crippen molar-refractivity contribution in [3.63, 3.8) is 0 Å². The van der Waals surface area contributed by atoms with Crippen LogP contribution in [0.3, 0.4) is 0 Å². The van der Waals surface area contributed by atoms with Gasteiger partial charge in [-0.1, -0.05) is 77.5 Å². The van der Waals surface area contributed by atoms with E-state index in [9.17, 15) is 13.2 Å². The van der Waals surface area contributed by atoms with Gasteiger partial charge in [-0.3, -0.25) is 14.4 Å². The molecule has 0 radical (unpaired) electrons. The molecule has 1 amide bonds. The average Bonchev–Trinajstić information content (AvgIpc) is 3.32. The Bertz CT molecular complexity index is 1460. The molecule has 0 bridgehead atoms. The summed E-state index contributed by atoms with van der Waals surface area (Å²) in [6.07, 6.45) is -1.07. The first-order valence-corrected chi connectivity index (χ1v) is 13.4. The second kappa shape index (κ2) is 9.65. The number of nitrogens with zero attached hydrogens (tertiary/aromatic N) is 3. The molecule has 0 aliphatic carbocycles. The van der Waals surface area contributed by atoms with Crippen molar-refractivity contribution in [3.05, 3.63) is 89.4 Å². The van der Waals surface area contributed by atoms with Gasteiger partial charge in [0.25, 0.3) is 5.91 Å². The van der Waals surface area contributed by atoms with E-state index in [1.165, 1.54) is 15.6 Å². The zero-order valence-corrected chi connectivity index (χ0v) is 20.6. The number of hydrogen-bond acceptors (Lipinski definition) is 7. The number of sulfonamides is 1. The number of hydrogen-bond donors (Lipinski definition) is 1. The number of rotatable bonds is 6. The van der Waals surface area contributed by atoms with Crippen LogP contribution in [-0.4, -0.2) is 37.2 Å². The number of ether oxygens (including phenoxy) is 1. The van der Waals surface area contributed by atoms with E-state index in [1.807, 2.05) is 18.2 Å². The van der Waals surface area contributed by atoms with Crippen molar-refractivity contribution in [1.82, 2.24) is 10.2 Å². The number of aromatic nitrogens is 2. The van der Waals surface area contributed by atoms with Gasteiger partial charge in [-0.15, -0.1) is 10.2 Å². The lowest BCUT2D eigenvalue weighted by Gasteiger charge is -2.34. The summed E-state index contributed by atoms with van der Waals surface area (Å²) in [5.74, 6) is -0.398. The summed E-state index contributed by atoms with van der Waals surface area (Å²) in [4.78, 5) is 13.1. The first-order valence-electron chi connectivity index (χ1n) is 10.6. The van der Waals surface area contributed by atoms with Gasteiger partial charge >= 0.3 is 0 Å². The van der Waals surface area contributed by atoms with Gasteiger partial charge in [0.15, 0.2) is 6.10 Å². The highest BCUT2D eigenvalue weighted by Gasteiger charge is 2.37. The molecule has 8 nitrogen and oxygen atoms in total. The number of halogens is 1. The number of anilines is 2. The molecule has 11 heteroatoms. The highest BCUT2D eigenvalue weighted by Crippen LogP contribution is 2.36. The Balaban J connectivity index is 1.36. The third kappa shape index (κ3) is 5.14. The maximum absolute atomic E-state index is 13.3. The summed E-state index contributed by atoms with van der Waals surface area (Å²) in [7, 11) is -3.79. The van der Waals surface area contributed by atoms with Crippen molar-refractivity contribution in [3.8, 4) is 16.3 Å². The normalized spacial score (nSPS) is 15.2. The molecule has 1 N–H and O–H groups in total. The lowest BCUT2D eigenvalue weighted by molar-refractivity contribution is -0.122. The zero-order valence-electron chi connectivity index (χ0n) is 18.2. The van der Waals surface area contributed by atoms with Gasteiger partial charge in [-0.05, 0) is 29.8 Å². The van der Waals surface area contributed by atoms with Crippen molar-refractivity contribution in [2.24, 2.45) is 0 Å². The molecule has 1 aliphatic heterocycles. The molecular weight excluding hydrogens is 508 g/mol. The minimum Gasteiger partial charge on any atom is -0.476 e. The Morgan fingerprint density at radius 3 is 2.51 bits per heavy atom. The third-order valence-corrected chi connectivity index (χ3v) is 8.16. The van der Waals surface area contributed by atoms with Crippen LogP contribution >= 0.6 is 22.9 Å². The standard InChI is InChI=1S/C24H19ClN4O4S2/c25-18-12-10-17(11-13-18)23-27-28-24(34-23)26-22(30)21-14-29(19-8-4-5-9-20(19)33-21)35(31,32)15-16-6-2-1-3-7-16/h1-13,21H,14-15H2,(H,26,28,30)/t21-/m0/s1. The summed E-state index contributed by atoms with van der Waals surface area (Å²) in [6, 6.07) is 22.8. The van der Waals surface area contributed by atoms with Crippen LogP contribution in [-0.2, 0) is 20.6 Å². The molecular formula is C24H19ClN4O4S2. The molecule has 0 unspecified atom stereocenters. The van der Waals surface area contributed by atoms with Crippen LogP contribution in [0, 0.1) is 0 Å². The summed E-state index contributed by atoms with van der Waals surface area (Å²) < 4.78 is 33.8. The van der Waals surface area contributed by atoms with Crippen LogP contribution in [0.25, 0.3) is 10.6 Å². The fourth-order valence-electron chi connectivity index (χ4n) is 3.63. The van der Waals surface area contributed by atoms with Gasteiger partial charge in [0.2, 0.25) is 15.2 Å². The van der Waals surface area contributed by atoms with Gasteiger partial charge in [0.1, 0.15) is 10.8 Å². The Labute approximate surface area is 211 Å². The topological polar surface area (TPSA) is 101 Å². The van der Waals surface area contributed by atoms with Gasteiger partial charge in [0, 0.05) is 10.6 Å². The Morgan fingerprint density at radius 2 is 1.74 bits per heavy atom. The number of carbonyl (C=O) groups excluding carboxylic acids is 1. The minimum absolute atomic E-state index is 0.166. The van der Waals surface area contributed by atoms with Crippen molar-refractivity contribution in [2.75, 3.05) is 16.2 Å². The second-order valence-corrected chi connectivity index (χ2v) is 11.1. The largest absolute Gasteiger partial charge is 0.476 e. The average molecular weight is 527 g/mol. The number of para-hydroxylation sites is 2. The van der Waals surface area contributed by atoms with Crippen LogP contribution in [0.4, 0.5) is 10.8 Å². The van der Waals surface area contributed by atoms with Crippen molar-refractivity contribution in [2.45, 2.75) is 11.9 Å². The molecule has 1 aromatic heterocycles. The van der Waals surface area contributed by atoms with Gasteiger partial charge in [-0.25, -0.2) is 8.42 Å². The van der Waals surface area contributed by atoms with Crippen LogP contribution in [0.15, 0.2) is 78.9 Å². The maximum Gasteiger partial charge on any atom is 0.269 e. The molecule has 0 saturated heterocycles. The quantitative estimate of drug-likeness (QED) is 0.394. The molecule has 0 spiro atoms. The SMILES string of the molecule is O=C(Nc1nnc(-c2ccc(Cl)cc2)s1)[C@@H]1CN(S(=O)(=O)Cc2ccccc2)c2ccccc2O1. The van der Waals surface area contributed by atoms with Gasteiger partial charge < -0.3 is 4.74 Å². The highest BCUT2D eigenvalue weighted by molar-refractivity contribution is 7.92. The smallest absolute Gasteiger partial charge is 0.269 e. The van der Waals surface area contributed by atoms with Crippen LogP contribution < -0.4 is 14.4 Å². The molecule has 35 heavy (non-hydrogen) atoms. The fraction of sp³-hybridized carbons (Fsp3) is 0.125. The second-order valence-electron chi connectivity index (χ2n) is 7.76. The predicted octanol–water partition coefficient (Wildman–Crippen LogP) is 4.59. The van der Waals surface area contributed by atoms with E-state index in [0.29, 0.717) is 27.0 Å².